The fourth-order valence-corrected chi connectivity index (χ4v) is 3.29. The van der Waals surface area contributed by atoms with Crippen LogP contribution in [0.25, 0.3) is 0 Å². The number of carbonyl (C=O) groups is 1. The highest BCUT2D eigenvalue weighted by Gasteiger charge is 2.31. The van der Waals surface area contributed by atoms with Crippen molar-refractivity contribution in [1.29, 1.82) is 5.26 Å². The number of piperazine rings is 1. The molecule has 0 atom stereocenters. The van der Waals surface area contributed by atoms with Crippen molar-refractivity contribution in [2.45, 2.75) is 32.7 Å². The third kappa shape index (κ3) is 3.02. The molecule has 0 aliphatic carbocycles. The SMILES string of the molecule is CCc1ccc(C(=O)N2CCN(C(C)(C)C#N)CC2)s1. The average molecular weight is 291 g/mol. The summed E-state index contributed by atoms with van der Waals surface area (Å²) in [6, 6.07) is 6.28. The van der Waals surface area contributed by atoms with Crippen LogP contribution in [-0.2, 0) is 6.42 Å². The monoisotopic (exact) mass is 291 g/mol. The van der Waals surface area contributed by atoms with E-state index in [-0.39, 0.29) is 5.91 Å². The van der Waals surface area contributed by atoms with Crippen LogP contribution < -0.4 is 0 Å². The summed E-state index contributed by atoms with van der Waals surface area (Å²) < 4.78 is 0. The number of amides is 1. The van der Waals surface area contributed by atoms with Crippen molar-refractivity contribution >= 4 is 17.2 Å². The quantitative estimate of drug-likeness (QED) is 0.859. The van der Waals surface area contributed by atoms with Gasteiger partial charge in [-0.25, -0.2) is 0 Å². The molecular formula is C15H21N3OS. The van der Waals surface area contributed by atoms with Crippen LogP contribution in [0.15, 0.2) is 12.1 Å². The number of rotatable bonds is 3. The lowest BCUT2D eigenvalue weighted by Crippen LogP contribution is -2.55. The summed E-state index contributed by atoms with van der Waals surface area (Å²) >= 11 is 1.59. The molecule has 1 aromatic rings. The van der Waals surface area contributed by atoms with Crippen molar-refractivity contribution in [3.05, 3.63) is 21.9 Å². The van der Waals surface area contributed by atoms with E-state index in [1.165, 1.54) is 4.88 Å². The Hall–Kier alpha value is -1.38. The van der Waals surface area contributed by atoms with Gasteiger partial charge in [-0.1, -0.05) is 6.92 Å². The van der Waals surface area contributed by atoms with Gasteiger partial charge in [-0.3, -0.25) is 9.69 Å². The molecule has 4 nitrogen and oxygen atoms in total. The van der Waals surface area contributed by atoms with Crippen LogP contribution in [0.1, 0.15) is 35.3 Å². The predicted octanol–water partition coefficient (Wildman–Crippen LogP) is 2.37. The summed E-state index contributed by atoms with van der Waals surface area (Å²) in [6.07, 6.45) is 0.974. The van der Waals surface area contributed by atoms with E-state index in [0.29, 0.717) is 13.1 Å². The number of hydrogen-bond donors (Lipinski definition) is 0. The molecule has 0 spiro atoms. The normalized spacial score (nSPS) is 17.0. The zero-order chi connectivity index (χ0) is 14.8. The largest absolute Gasteiger partial charge is 0.335 e. The topological polar surface area (TPSA) is 47.3 Å². The van der Waals surface area contributed by atoms with Crippen LogP contribution in [0, 0.1) is 11.3 Å². The summed E-state index contributed by atoms with van der Waals surface area (Å²) in [6.45, 7) is 8.88. The van der Waals surface area contributed by atoms with Gasteiger partial charge >= 0.3 is 0 Å². The van der Waals surface area contributed by atoms with Gasteiger partial charge in [0.05, 0.1) is 10.9 Å². The van der Waals surface area contributed by atoms with Crippen molar-refractivity contribution in [2.75, 3.05) is 26.2 Å². The van der Waals surface area contributed by atoms with Gasteiger partial charge in [0, 0.05) is 31.1 Å². The first-order chi connectivity index (χ1) is 9.47. The highest BCUT2D eigenvalue weighted by atomic mass is 32.1. The molecule has 2 rings (SSSR count). The first kappa shape index (κ1) is 15.0. The minimum absolute atomic E-state index is 0.129. The van der Waals surface area contributed by atoms with Gasteiger partial charge in [0.1, 0.15) is 5.54 Å². The maximum Gasteiger partial charge on any atom is 0.264 e. The molecule has 2 heterocycles. The maximum absolute atomic E-state index is 12.4. The van der Waals surface area contributed by atoms with Crippen molar-refractivity contribution in [2.24, 2.45) is 0 Å². The van der Waals surface area contributed by atoms with Crippen LogP contribution >= 0.6 is 11.3 Å². The van der Waals surface area contributed by atoms with Crippen molar-refractivity contribution in [3.63, 3.8) is 0 Å². The first-order valence-corrected chi connectivity index (χ1v) is 7.84. The molecule has 0 aromatic carbocycles. The molecule has 1 fully saturated rings. The maximum atomic E-state index is 12.4. The van der Waals surface area contributed by atoms with Gasteiger partial charge < -0.3 is 4.90 Å². The van der Waals surface area contributed by atoms with Gasteiger partial charge in [-0.15, -0.1) is 11.3 Å². The Morgan fingerprint density at radius 1 is 1.35 bits per heavy atom. The van der Waals surface area contributed by atoms with E-state index in [4.69, 9.17) is 5.26 Å². The zero-order valence-corrected chi connectivity index (χ0v) is 13.2. The Kier molecular flexibility index (Phi) is 4.46. The van der Waals surface area contributed by atoms with Crippen molar-refractivity contribution in [3.8, 4) is 6.07 Å². The summed E-state index contributed by atoms with van der Waals surface area (Å²) in [5.74, 6) is 0.129. The summed E-state index contributed by atoms with van der Waals surface area (Å²) in [5, 5.41) is 9.16. The van der Waals surface area contributed by atoms with Gasteiger partial charge in [0.25, 0.3) is 5.91 Å². The minimum atomic E-state index is -0.451. The van der Waals surface area contributed by atoms with Crippen LogP contribution in [-0.4, -0.2) is 47.4 Å². The molecule has 0 radical (unpaired) electrons. The molecule has 5 heteroatoms. The van der Waals surface area contributed by atoms with Crippen LogP contribution in [0.4, 0.5) is 0 Å². The first-order valence-electron chi connectivity index (χ1n) is 7.02. The van der Waals surface area contributed by atoms with E-state index in [2.05, 4.69) is 17.9 Å². The van der Waals surface area contributed by atoms with Crippen molar-refractivity contribution in [1.82, 2.24) is 9.80 Å². The Bertz CT molecular complexity index is 521. The Balaban J connectivity index is 1.97. The lowest BCUT2D eigenvalue weighted by molar-refractivity contribution is 0.0525. The molecule has 1 saturated heterocycles. The fraction of sp³-hybridized carbons (Fsp3) is 0.600. The zero-order valence-electron chi connectivity index (χ0n) is 12.3. The number of carbonyl (C=O) groups excluding carboxylic acids is 1. The summed E-state index contributed by atoms with van der Waals surface area (Å²) in [5.41, 5.74) is -0.451. The molecule has 0 unspecified atom stereocenters. The molecule has 1 aliphatic heterocycles. The number of nitriles is 1. The number of nitrogens with zero attached hydrogens (tertiary/aromatic N) is 3. The average Bonchev–Trinajstić information content (AvgIpc) is 2.95. The van der Waals surface area contributed by atoms with E-state index in [1.54, 1.807) is 11.3 Å². The Morgan fingerprint density at radius 2 is 2.00 bits per heavy atom. The van der Waals surface area contributed by atoms with E-state index in [9.17, 15) is 4.79 Å². The molecule has 1 aliphatic rings. The molecule has 0 bridgehead atoms. The lowest BCUT2D eigenvalue weighted by atomic mass is 10.0. The van der Waals surface area contributed by atoms with E-state index >= 15 is 0 Å². The van der Waals surface area contributed by atoms with Gasteiger partial charge in [-0.05, 0) is 32.4 Å². The molecular weight excluding hydrogens is 270 g/mol. The second-order valence-corrected chi connectivity index (χ2v) is 6.74. The van der Waals surface area contributed by atoms with Crippen molar-refractivity contribution < 1.29 is 4.79 Å². The number of hydrogen-bond acceptors (Lipinski definition) is 4. The fourth-order valence-electron chi connectivity index (χ4n) is 2.38. The van der Waals surface area contributed by atoms with E-state index in [1.807, 2.05) is 30.9 Å². The third-order valence-electron chi connectivity index (χ3n) is 3.85. The van der Waals surface area contributed by atoms with Crippen LogP contribution in [0.5, 0.6) is 0 Å². The minimum Gasteiger partial charge on any atom is -0.335 e. The second-order valence-electron chi connectivity index (χ2n) is 5.57. The third-order valence-corrected chi connectivity index (χ3v) is 5.07. The molecule has 0 saturated carbocycles. The van der Waals surface area contributed by atoms with Crippen LogP contribution in [0.3, 0.4) is 0 Å². The highest BCUT2D eigenvalue weighted by Crippen LogP contribution is 2.21. The molecule has 1 aromatic heterocycles. The predicted molar refractivity (Wildman–Crippen MR) is 80.9 cm³/mol. The molecule has 0 N–H and O–H groups in total. The van der Waals surface area contributed by atoms with Gasteiger partial charge in [-0.2, -0.15) is 5.26 Å². The number of aryl methyl sites for hydroxylation is 1. The van der Waals surface area contributed by atoms with Gasteiger partial charge in [0.15, 0.2) is 0 Å². The lowest BCUT2D eigenvalue weighted by Gasteiger charge is -2.40. The highest BCUT2D eigenvalue weighted by molar-refractivity contribution is 7.14. The molecule has 20 heavy (non-hydrogen) atoms. The standard InChI is InChI=1S/C15H21N3OS/c1-4-12-5-6-13(20-12)14(19)17-7-9-18(10-8-17)15(2,3)11-16/h5-6H,4,7-10H2,1-3H3. The number of thiophene rings is 1. The van der Waals surface area contributed by atoms with Crippen LogP contribution in [0.2, 0.25) is 0 Å². The van der Waals surface area contributed by atoms with Gasteiger partial charge in [0.2, 0.25) is 0 Å². The summed E-state index contributed by atoms with van der Waals surface area (Å²) in [7, 11) is 0. The van der Waals surface area contributed by atoms with E-state index in [0.717, 1.165) is 24.4 Å². The molecule has 108 valence electrons. The molecule has 1 amide bonds. The second kappa shape index (κ2) is 5.94. The Labute approximate surface area is 124 Å². The Morgan fingerprint density at radius 3 is 2.50 bits per heavy atom. The van der Waals surface area contributed by atoms with E-state index < -0.39 is 5.54 Å². The summed E-state index contributed by atoms with van der Waals surface area (Å²) in [4.78, 5) is 18.5. The smallest absolute Gasteiger partial charge is 0.264 e.